The molecule has 58 valence electrons. The Morgan fingerprint density at radius 3 is 3.30 bits per heavy atom. The van der Waals surface area contributed by atoms with Crippen LogP contribution < -0.4 is 5.48 Å². The van der Waals surface area contributed by atoms with Crippen LogP contribution in [0.4, 0.5) is 0 Å². The molecule has 1 fully saturated rings. The van der Waals surface area contributed by atoms with Gasteiger partial charge < -0.3 is 4.90 Å². The molecule has 4 heteroatoms. The van der Waals surface area contributed by atoms with Crippen molar-refractivity contribution in [1.29, 1.82) is 0 Å². The Balaban J connectivity index is 2.43. The molecule has 1 amide bonds. The Morgan fingerprint density at radius 1 is 1.80 bits per heavy atom. The first kappa shape index (κ1) is 7.50. The van der Waals surface area contributed by atoms with Crippen LogP contribution in [0.1, 0.15) is 6.92 Å². The molecule has 0 aromatic rings. The molecule has 1 aliphatic rings. The number of carbonyl (C=O) groups is 1. The number of nitrogens with zero attached hydrogens (tertiary/aromatic N) is 1. The average Bonchev–Trinajstić information content (AvgIpc) is 2.13. The summed E-state index contributed by atoms with van der Waals surface area (Å²) in [5, 5.41) is 0. The largest absolute Gasteiger partial charge is 0.339 e. The van der Waals surface area contributed by atoms with Crippen LogP contribution in [0, 0.1) is 0 Å². The summed E-state index contributed by atoms with van der Waals surface area (Å²) in [7, 11) is 0. The van der Waals surface area contributed by atoms with Crippen molar-refractivity contribution in [3.05, 3.63) is 0 Å². The highest BCUT2D eigenvalue weighted by molar-refractivity contribution is 5.47. The van der Waals surface area contributed by atoms with Gasteiger partial charge in [-0.25, -0.2) is 5.48 Å². The Labute approximate surface area is 60.1 Å². The third-order valence-corrected chi connectivity index (χ3v) is 1.60. The maximum atomic E-state index is 10.4. The van der Waals surface area contributed by atoms with Crippen LogP contribution in [-0.4, -0.2) is 37.0 Å². The molecule has 1 heterocycles. The van der Waals surface area contributed by atoms with Gasteiger partial charge in [-0.3, -0.25) is 9.63 Å². The van der Waals surface area contributed by atoms with Crippen LogP contribution in [0.2, 0.25) is 0 Å². The fraction of sp³-hybridized carbons (Fsp3) is 0.833. The van der Waals surface area contributed by atoms with Crippen molar-refractivity contribution in [3.8, 4) is 0 Å². The first-order chi connectivity index (χ1) is 4.84. The van der Waals surface area contributed by atoms with Crippen molar-refractivity contribution in [3.63, 3.8) is 0 Å². The van der Waals surface area contributed by atoms with Crippen molar-refractivity contribution in [1.82, 2.24) is 10.4 Å². The highest BCUT2D eigenvalue weighted by atomic mass is 16.6. The van der Waals surface area contributed by atoms with Crippen molar-refractivity contribution in [2.45, 2.75) is 13.0 Å². The zero-order valence-electron chi connectivity index (χ0n) is 6.04. The van der Waals surface area contributed by atoms with E-state index in [2.05, 4.69) is 5.48 Å². The summed E-state index contributed by atoms with van der Waals surface area (Å²) in [6, 6.07) is 0.188. The van der Waals surface area contributed by atoms with Gasteiger partial charge >= 0.3 is 0 Å². The number of amides is 1. The maximum absolute atomic E-state index is 10.4. The molecule has 0 saturated carbocycles. The van der Waals surface area contributed by atoms with E-state index in [4.69, 9.17) is 4.84 Å². The second kappa shape index (κ2) is 3.53. The van der Waals surface area contributed by atoms with Gasteiger partial charge in [0, 0.05) is 13.1 Å². The van der Waals surface area contributed by atoms with E-state index >= 15 is 0 Å². The molecule has 0 aromatic heterocycles. The van der Waals surface area contributed by atoms with E-state index in [1.165, 1.54) is 0 Å². The van der Waals surface area contributed by atoms with Crippen LogP contribution in [0.15, 0.2) is 0 Å². The normalized spacial score (nSPS) is 27.7. The molecule has 4 nitrogen and oxygen atoms in total. The summed E-state index contributed by atoms with van der Waals surface area (Å²) in [6.07, 6.45) is 0.862. The van der Waals surface area contributed by atoms with Gasteiger partial charge in [-0.15, -0.1) is 0 Å². The minimum Gasteiger partial charge on any atom is -0.339 e. The monoisotopic (exact) mass is 144 g/mol. The predicted molar refractivity (Wildman–Crippen MR) is 36.2 cm³/mol. The lowest BCUT2D eigenvalue weighted by molar-refractivity contribution is -0.120. The molecule has 0 aromatic carbocycles. The number of carbonyl (C=O) groups excluding carboxylic acids is 1. The number of rotatable bonds is 1. The first-order valence-corrected chi connectivity index (χ1v) is 3.40. The Hall–Kier alpha value is -0.610. The predicted octanol–water partition coefficient (Wildman–Crippen LogP) is -0.632. The van der Waals surface area contributed by atoms with Gasteiger partial charge in [0.1, 0.15) is 0 Å². The van der Waals surface area contributed by atoms with Crippen molar-refractivity contribution in [2.75, 3.05) is 19.7 Å². The van der Waals surface area contributed by atoms with E-state index in [0.29, 0.717) is 13.2 Å². The van der Waals surface area contributed by atoms with Crippen LogP contribution in [0.5, 0.6) is 0 Å². The fourth-order valence-electron chi connectivity index (χ4n) is 0.899. The SMILES string of the molecule is C[C@@H]1CONCCN1C=O. The van der Waals surface area contributed by atoms with E-state index in [1.807, 2.05) is 6.92 Å². The topological polar surface area (TPSA) is 41.6 Å². The van der Waals surface area contributed by atoms with Gasteiger partial charge in [0.15, 0.2) is 0 Å². The summed E-state index contributed by atoms with van der Waals surface area (Å²) in [5.41, 5.74) is 2.74. The molecule has 0 unspecified atom stereocenters. The quantitative estimate of drug-likeness (QED) is 0.498. The molecular weight excluding hydrogens is 132 g/mol. The Kier molecular flexibility index (Phi) is 2.65. The van der Waals surface area contributed by atoms with E-state index in [9.17, 15) is 4.79 Å². The highest BCUT2D eigenvalue weighted by Gasteiger charge is 2.13. The lowest BCUT2D eigenvalue weighted by Crippen LogP contribution is -2.34. The summed E-state index contributed by atoms with van der Waals surface area (Å²) < 4.78 is 0. The van der Waals surface area contributed by atoms with Gasteiger partial charge in [0.2, 0.25) is 6.41 Å². The minimum atomic E-state index is 0.188. The highest BCUT2D eigenvalue weighted by Crippen LogP contribution is 1.97. The molecule has 0 spiro atoms. The van der Waals surface area contributed by atoms with Gasteiger partial charge in [-0.05, 0) is 6.92 Å². The van der Waals surface area contributed by atoms with E-state index in [0.717, 1.165) is 13.0 Å². The summed E-state index contributed by atoms with van der Waals surface area (Å²) >= 11 is 0. The molecule has 0 aliphatic carbocycles. The molecule has 0 bridgehead atoms. The van der Waals surface area contributed by atoms with Crippen molar-refractivity contribution >= 4 is 6.41 Å². The average molecular weight is 144 g/mol. The van der Waals surface area contributed by atoms with Crippen LogP contribution in [0.3, 0.4) is 0 Å². The number of hydrogen-bond acceptors (Lipinski definition) is 3. The molecule has 1 atom stereocenters. The van der Waals surface area contributed by atoms with Crippen molar-refractivity contribution in [2.24, 2.45) is 0 Å². The van der Waals surface area contributed by atoms with E-state index < -0.39 is 0 Å². The third kappa shape index (κ3) is 1.68. The zero-order chi connectivity index (χ0) is 7.40. The second-order valence-electron chi connectivity index (χ2n) is 2.40. The molecular formula is C6H12N2O2. The van der Waals surface area contributed by atoms with Crippen LogP contribution in [0.25, 0.3) is 0 Å². The molecule has 1 rings (SSSR count). The summed E-state index contributed by atoms with van der Waals surface area (Å²) in [5.74, 6) is 0. The van der Waals surface area contributed by atoms with E-state index in [1.54, 1.807) is 4.90 Å². The van der Waals surface area contributed by atoms with Gasteiger partial charge in [-0.2, -0.15) is 0 Å². The lowest BCUT2D eigenvalue weighted by atomic mass is 10.3. The molecule has 0 radical (unpaired) electrons. The smallest absolute Gasteiger partial charge is 0.210 e. The lowest BCUT2D eigenvalue weighted by Gasteiger charge is -2.19. The summed E-state index contributed by atoms with van der Waals surface area (Å²) in [4.78, 5) is 17.1. The maximum Gasteiger partial charge on any atom is 0.210 e. The number of nitrogens with one attached hydrogen (secondary N) is 1. The minimum absolute atomic E-state index is 0.188. The van der Waals surface area contributed by atoms with Crippen molar-refractivity contribution < 1.29 is 9.63 Å². The Morgan fingerprint density at radius 2 is 2.60 bits per heavy atom. The van der Waals surface area contributed by atoms with Gasteiger partial charge in [0.25, 0.3) is 0 Å². The molecule has 1 saturated heterocycles. The van der Waals surface area contributed by atoms with Gasteiger partial charge in [-0.1, -0.05) is 0 Å². The van der Waals surface area contributed by atoms with E-state index in [-0.39, 0.29) is 6.04 Å². The fourth-order valence-corrected chi connectivity index (χ4v) is 0.899. The van der Waals surface area contributed by atoms with Crippen LogP contribution in [-0.2, 0) is 9.63 Å². The second-order valence-corrected chi connectivity index (χ2v) is 2.40. The number of hydrogen-bond donors (Lipinski definition) is 1. The van der Waals surface area contributed by atoms with Crippen LogP contribution >= 0.6 is 0 Å². The zero-order valence-corrected chi connectivity index (χ0v) is 6.04. The Bertz CT molecular complexity index is 118. The molecule has 1 aliphatic heterocycles. The number of hydroxylamine groups is 1. The molecule has 10 heavy (non-hydrogen) atoms. The third-order valence-electron chi connectivity index (χ3n) is 1.60. The standard InChI is InChI=1S/C6H12N2O2/c1-6-4-10-7-2-3-8(6)5-9/h5-7H,2-4H2,1H3/t6-/m1/s1. The molecule has 1 N–H and O–H groups in total. The van der Waals surface area contributed by atoms with Gasteiger partial charge in [0.05, 0.1) is 12.6 Å². The summed E-state index contributed by atoms with van der Waals surface area (Å²) in [6.45, 7) is 3.97. The first-order valence-electron chi connectivity index (χ1n) is 3.40.